The molecule has 0 fully saturated rings. The van der Waals surface area contributed by atoms with Crippen LogP contribution in [0.5, 0.6) is 17.2 Å². The average Bonchev–Trinajstić information content (AvgIpc) is 3.30. The summed E-state index contributed by atoms with van der Waals surface area (Å²) in [6, 6.07) is 12.8. The van der Waals surface area contributed by atoms with Gasteiger partial charge in [0.1, 0.15) is 11.8 Å². The molecular weight excluding hydrogens is 420 g/mol. The largest absolute Gasteiger partial charge is 0.497 e. The molecule has 1 heterocycles. The Morgan fingerprint density at radius 2 is 1.73 bits per heavy atom. The highest BCUT2D eigenvalue weighted by atomic mass is 16.7. The second-order valence-electron chi connectivity index (χ2n) is 8.30. The van der Waals surface area contributed by atoms with Gasteiger partial charge in [-0.1, -0.05) is 32.0 Å². The van der Waals surface area contributed by atoms with Crippen LogP contribution in [0.4, 0.5) is 0 Å². The van der Waals surface area contributed by atoms with Crippen molar-refractivity contribution < 1.29 is 23.8 Å². The maximum atomic E-state index is 13.4. The van der Waals surface area contributed by atoms with Crippen LogP contribution in [0.15, 0.2) is 42.5 Å². The van der Waals surface area contributed by atoms with Crippen LogP contribution in [-0.4, -0.2) is 42.7 Å². The van der Waals surface area contributed by atoms with Crippen LogP contribution in [0.2, 0.25) is 0 Å². The topological polar surface area (TPSA) is 77.1 Å². The normalized spacial score (nSPS) is 13.8. The highest BCUT2D eigenvalue weighted by Crippen LogP contribution is 2.32. The minimum atomic E-state index is -0.537. The van der Waals surface area contributed by atoms with Gasteiger partial charge in [-0.2, -0.15) is 0 Å². The Labute approximate surface area is 196 Å². The number of benzene rings is 2. The van der Waals surface area contributed by atoms with Gasteiger partial charge in [-0.25, -0.2) is 0 Å². The van der Waals surface area contributed by atoms with E-state index in [1.54, 1.807) is 12.0 Å². The Kier molecular flexibility index (Phi) is 8.58. The Bertz CT molecular complexity index is 944. The molecule has 2 aromatic rings. The summed E-state index contributed by atoms with van der Waals surface area (Å²) in [5, 5.41) is 3.04. The van der Waals surface area contributed by atoms with E-state index >= 15 is 0 Å². The number of ether oxygens (including phenoxy) is 3. The molecule has 2 unspecified atom stereocenters. The van der Waals surface area contributed by atoms with Crippen molar-refractivity contribution in [1.29, 1.82) is 0 Å². The second-order valence-corrected chi connectivity index (χ2v) is 8.30. The summed E-state index contributed by atoms with van der Waals surface area (Å²) in [5.41, 5.74) is 1.94. The zero-order valence-corrected chi connectivity index (χ0v) is 19.9. The first kappa shape index (κ1) is 24.4. The number of amides is 2. The van der Waals surface area contributed by atoms with Crippen molar-refractivity contribution in [2.24, 2.45) is 0 Å². The van der Waals surface area contributed by atoms with E-state index in [-0.39, 0.29) is 24.6 Å². The second kappa shape index (κ2) is 11.6. The molecule has 7 nitrogen and oxygen atoms in total. The molecule has 0 saturated heterocycles. The number of hydrogen-bond donors (Lipinski definition) is 1. The number of nitrogens with zero attached hydrogens (tertiary/aromatic N) is 1. The molecule has 0 aliphatic carbocycles. The number of nitrogens with one attached hydrogen (secondary N) is 1. The molecule has 0 aromatic heterocycles. The molecule has 178 valence electrons. The first-order valence-electron chi connectivity index (χ1n) is 11.6. The summed E-state index contributed by atoms with van der Waals surface area (Å²) < 4.78 is 16.0. The van der Waals surface area contributed by atoms with Crippen molar-refractivity contribution in [3.8, 4) is 17.2 Å². The van der Waals surface area contributed by atoms with Gasteiger partial charge in [-0.05, 0) is 61.6 Å². The zero-order chi connectivity index (χ0) is 23.8. The lowest BCUT2D eigenvalue weighted by Crippen LogP contribution is -2.50. The molecule has 1 aliphatic rings. The van der Waals surface area contributed by atoms with Gasteiger partial charge in [0.2, 0.25) is 18.6 Å². The molecule has 1 N–H and O–H groups in total. The van der Waals surface area contributed by atoms with Gasteiger partial charge in [0.25, 0.3) is 0 Å². The summed E-state index contributed by atoms with van der Waals surface area (Å²) >= 11 is 0. The van der Waals surface area contributed by atoms with Gasteiger partial charge in [-0.15, -0.1) is 0 Å². The summed E-state index contributed by atoms with van der Waals surface area (Å²) in [7, 11) is 1.62. The Hall–Kier alpha value is -3.22. The zero-order valence-electron chi connectivity index (χ0n) is 19.9. The first-order chi connectivity index (χ1) is 15.9. The van der Waals surface area contributed by atoms with Gasteiger partial charge in [-0.3, -0.25) is 9.59 Å². The molecule has 0 bridgehead atoms. The monoisotopic (exact) mass is 454 g/mol. The molecule has 0 radical (unpaired) electrons. The fourth-order valence-electron chi connectivity index (χ4n) is 3.78. The number of rotatable bonds is 11. The van der Waals surface area contributed by atoms with Crippen LogP contribution >= 0.6 is 0 Å². The summed E-state index contributed by atoms with van der Waals surface area (Å²) in [6.45, 7) is 6.51. The number of fused-ring (bicyclic) bond motifs is 1. The molecule has 1 aliphatic heterocycles. The molecule has 2 amide bonds. The Morgan fingerprint density at radius 1 is 1.03 bits per heavy atom. The van der Waals surface area contributed by atoms with E-state index in [4.69, 9.17) is 14.2 Å². The lowest BCUT2D eigenvalue weighted by molar-refractivity contribution is -0.141. The van der Waals surface area contributed by atoms with Crippen LogP contribution in [-0.2, 0) is 22.6 Å². The number of aryl methyl sites for hydroxylation is 1. The van der Waals surface area contributed by atoms with Crippen LogP contribution in [0, 0.1) is 0 Å². The van der Waals surface area contributed by atoms with Gasteiger partial charge >= 0.3 is 0 Å². The van der Waals surface area contributed by atoms with E-state index in [0.717, 1.165) is 29.0 Å². The minimum absolute atomic E-state index is 0.0538. The summed E-state index contributed by atoms with van der Waals surface area (Å²) in [5.74, 6) is 2.00. The standard InChI is InChI=1S/C26H34N2O5/c1-5-18(3)27-26(30)22(6-2)28(16-20-7-11-21(31-4)12-8-20)25(29)14-10-19-9-13-23-24(15-19)33-17-32-23/h7-9,11-13,15,18,22H,5-6,10,14,16-17H2,1-4H3,(H,27,30). The predicted molar refractivity (Wildman–Crippen MR) is 126 cm³/mol. The van der Waals surface area contributed by atoms with Crippen LogP contribution in [0.25, 0.3) is 0 Å². The number of methoxy groups -OCH3 is 1. The molecule has 2 atom stereocenters. The van der Waals surface area contributed by atoms with Crippen molar-refractivity contribution in [3.63, 3.8) is 0 Å². The van der Waals surface area contributed by atoms with E-state index in [0.29, 0.717) is 31.6 Å². The van der Waals surface area contributed by atoms with Gasteiger partial charge < -0.3 is 24.4 Å². The third kappa shape index (κ3) is 6.40. The SMILES string of the molecule is CCC(C)NC(=O)C(CC)N(Cc1ccc(OC)cc1)C(=O)CCc1ccc2c(c1)OCO2. The van der Waals surface area contributed by atoms with Gasteiger partial charge in [0.05, 0.1) is 7.11 Å². The molecule has 33 heavy (non-hydrogen) atoms. The molecule has 0 spiro atoms. The quantitative estimate of drug-likeness (QED) is 0.554. The lowest BCUT2D eigenvalue weighted by Gasteiger charge is -2.31. The predicted octanol–water partition coefficient (Wildman–Crippen LogP) is 4.08. The van der Waals surface area contributed by atoms with Crippen LogP contribution < -0.4 is 19.5 Å². The van der Waals surface area contributed by atoms with Crippen molar-refractivity contribution in [2.75, 3.05) is 13.9 Å². The number of hydrogen-bond acceptors (Lipinski definition) is 5. The molecule has 3 rings (SSSR count). The number of carbonyl (C=O) groups excluding carboxylic acids is 2. The van der Waals surface area contributed by atoms with E-state index in [2.05, 4.69) is 5.32 Å². The van der Waals surface area contributed by atoms with Crippen LogP contribution in [0.1, 0.15) is 51.2 Å². The third-order valence-corrected chi connectivity index (χ3v) is 5.96. The molecule has 0 saturated carbocycles. The van der Waals surface area contributed by atoms with Crippen molar-refractivity contribution >= 4 is 11.8 Å². The maximum Gasteiger partial charge on any atom is 0.243 e. The molecule has 7 heteroatoms. The summed E-state index contributed by atoms with van der Waals surface area (Å²) in [6.07, 6.45) is 2.22. The maximum absolute atomic E-state index is 13.4. The van der Waals surface area contributed by atoms with Crippen LogP contribution in [0.3, 0.4) is 0 Å². The van der Waals surface area contributed by atoms with Crippen molar-refractivity contribution in [3.05, 3.63) is 53.6 Å². The third-order valence-electron chi connectivity index (χ3n) is 5.96. The average molecular weight is 455 g/mol. The van der Waals surface area contributed by atoms with Crippen molar-refractivity contribution in [2.45, 2.75) is 65.1 Å². The van der Waals surface area contributed by atoms with E-state index < -0.39 is 6.04 Å². The highest BCUT2D eigenvalue weighted by molar-refractivity contribution is 5.88. The highest BCUT2D eigenvalue weighted by Gasteiger charge is 2.29. The van der Waals surface area contributed by atoms with E-state index in [1.807, 2.05) is 63.2 Å². The smallest absolute Gasteiger partial charge is 0.243 e. The first-order valence-corrected chi connectivity index (χ1v) is 11.6. The Balaban J connectivity index is 1.76. The fourth-order valence-corrected chi connectivity index (χ4v) is 3.78. The number of carbonyl (C=O) groups is 2. The summed E-state index contributed by atoms with van der Waals surface area (Å²) in [4.78, 5) is 28.1. The minimum Gasteiger partial charge on any atom is -0.497 e. The molecule has 2 aromatic carbocycles. The molecular formula is C26H34N2O5. The lowest BCUT2D eigenvalue weighted by atomic mass is 10.1. The fraction of sp³-hybridized carbons (Fsp3) is 0.462. The van der Waals surface area contributed by atoms with Crippen molar-refractivity contribution in [1.82, 2.24) is 10.2 Å². The Morgan fingerprint density at radius 3 is 2.39 bits per heavy atom. The van der Waals surface area contributed by atoms with E-state index in [1.165, 1.54) is 0 Å². The van der Waals surface area contributed by atoms with Gasteiger partial charge in [0.15, 0.2) is 11.5 Å². The van der Waals surface area contributed by atoms with Gasteiger partial charge in [0, 0.05) is 19.0 Å². The van der Waals surface area contributed by atoms with E-state index in [9.17, 15) is 9.59 Å².